The summed E-state index contributed by atoms with van der Waals surface area (Å²) in [5.41, 5.74) is 0. The van der Waals surface area contributed by atoms with Gasteiger partial charge < -0.3 is 10.2 Å². The molecule has 0 heterocycles. The Kier molecular flexibility index (Phi) is 6.40. The standard InChI is InChI=1S/C10H19F3N2O/c1-4-5-15(7-10(11,12)13)9(16)8(2)6-14-3/h8,14H,4-7H2,1-3H3. The fraction of sp³-hybridized carbons (Fsp3) is 0.900. The van der Waals surface area contributed by atoms with E-state index < -0.39 is 24.5 Å². The van der Waals surface area contributed by atoms with Crippen LogP contribution in [0.5, 0.6) is 0 Å². The zero-order chi connectivity index (χ0) is 12.8. The van der Waals surface area contributed by atoms with Gasteiger partial charge in [-0.3, -0.25) is 4.79 Å². The molecule has 0 aromatic rings. The Morgan fingerprint density at radius 1 is 1.44 bits per heavy atom. The highest BCUT2D eigenvalue weighted by molar-refractivity contribution is 5.78. The second-order valence-electron chi connectivity index (χ2n) is 3.83. The van der Waals surface area contributed by atoms with Gasteiger partial charge in [-0.25, -0.2) is 0 Å². The molecule has 0 aromatic carbocycles. The van der Waals surface area contributed by atoms with Gasteiger partial charge in [-0.2, -0.15) is 13.2 Å². The number of hydrogen-bond acceptors (Lipinski definition) is 2. The highest BCUT2D eigenvalue weighted by Crippen LogP contribution is 2.18. The van der Waals surface area contributed by atoms with Gasteiger partial charge in [-0.05, 0) is 13.5 Å². The number of rotatable bonds is 6. The highest BCUT2D eigenvalue weighted by atomic mass is 19.4. The molecule has 3 nitrogen and oxygen atoms in total. The topological polar surface area (TPSA) is 32.3 Å². The van der Waals surface area contributed by atoms with E-state index in [-0.39, 0.29) is 6.54 Å². The minimum atomic E-state index is -4.33. The third kappa shape index (κ3) is 5.95. The van der Waals surface area contributed by atoms with Crippen molar-refractivity contribution in [2.45, 2.75) is 26.4 Å². The van der Waals surface area contributed by atoms with Gasteiger partial charge >= 0.3 is 6.18 Å². The summed E-state index contributed by atoms with van der Waals surface area (Å²) in [6.07, 6.45) is -3.81. The number of halogens is 3. The minimum Gasteiger partial charge on any atom is -0.333 e. The Morgan fingerprint density at radius 2 is 2.00 bits per heavy atom. The molecule has 1 unspecified atom stereocenters. The molecule has 0 spiro atoms. The van der Waals surface area contributed by atoms with Gasteiger partial charge in [0.25, 0.3) is 0 Å². The van der Waals surface area contributed by atoms with Crippen molar-refractivity contribution >= 4 is 5.91 Å². The molecule has 0 aliphatic heterocycles. The van der Waals surface area contributed by atoms with E-state index in [0.29, 0.717) is 13.0 Å². The van der Waals surface area contributed by atoms with Crippen LogP contribution in [-0.2, 0) is 4.79 Å². The molecule has 0 saturated heterocycles. The second kappa shape index (κ2) is 6.73. The Bertz CT molecular complexity index is 219. The van der Waals surface area contributed by atoms with Gasteiger partial charge in [0.15, 0.2) is 0 Å². The summed E-state index contributed by atoms with van der Waals surface area (Å²) in [6, 6.07) is 0. The third-order valence-electron chi connectivity index (χ3n) is 2.11. The summed E-state index contributed by atoms with van der Waals surface area (Å²) < 4.78 is 36.7. The van der Waals surface area contributed by atoms with E-state index >= 15 is 0 Å². The first kappa shape index (κ1) is 15.2. The predicted molar refractivity (Wildman–Crippen MR) is 56.0 cm³/mol. The second-order valence-corrected chi connectivity index (χ2v) is 3.83. The molecule has 0 radical (unpaired) electrons. The summed E-state index contributed by atoms with van der Waals surface area (Å²) in [4.78, 5) is 12.6. The number of nitrogens with zero attached hydrogens (tertiary/aromatic N) is 1. The van der Waals surface area contributed by atoms with Crippen LogP contribution in [0.25, 0.3) is 0 Å². The number of carbonyl (C=O) groups is 1. The molecule has 1 amide bonds. The van der Waals surface area contributed by atoms with Crippen LogP contribution in [0.4, 0.5) is 13.2 Å². The number of hydrogen-bond donors (Lipinski definition) is 1. The molecule has 96 valence electrons. The molecule has 0 rings (SSSR count). The molecular formula is C10H19F3N2O. The van der Waals surface area contributed by atoms with E-state index in [1.54, 1.807) is 20.9 Å². The van der Waals surface area contributed by atoms with E-state index in [2.05, 4.69) is 5.32 Å². The lowest BCUT2D eigenvalue weighted by atomic mass is 10.1. The molecule has 0 aliphatic carbocycles. The zero-order valence-corrected chi connectivity index (χ0v) is 9.90. The first-order chi connectivity index (χ1) is 7.31. The molecular weight excluding hydrogens is 221 g/mol. The van der Waals surface area contributed by atoms with Crippen LogP contribution < -0.4 is 5.32 Å². The van der Waals surface area contributed by atoms with Crippen molar-refractivity contribution in [1.29, 1.82) is 0 Å². The van der Waals surface area contributed by atoms with E-state index in [0.717, 1.165) is 4.90 Å². The summed E-state index contributed by atoms with van der Waals surface area (Å²) in [6.45, 7) is 2.74. The molecule has 16 heavy (non-hydrogen) atoms. The van der Waals surface area contributed by atoms with E-state index in [9.17, 15) is 18.0 Å². The number of carbonyl (C=O) groups excluding carboxylic acids is 1. The van der Waals surface area contributed by atoms with Crippen molar-refractivity contribution in [3.05, 3.63) is 0 Å². The van der Waals surface area contributed by atoms with Crippen LogP contribution in [-0.4, -0.2) is 43.7 Å². The molecule has 1 N–H and O–H groups in total. The lowest BCUT2D eigenvalue weighted by Gasteiger charge is -2.26. The average Bonchev–Trinajstić information content (AvgIpc) is 2.14. The third-order valence-corrected chi connectivity index (χ3v) is 2.11. The smallest absolute Gasteiger partial charge is 0.333 e. The molecule has 0 fully saturated rings. The lowest BCUT2D eigenvalue weighted by molar-refractivity contribution is -0.163. The SMILES string of the molecule is CCCN(CC(F)(F)F)C(=O)C(C)CNC. The first-order valence-electron chi connectivity index (χ1n) is 5.32. The quantitative estimate of drug-likeness (QED) is 0.765. The number of amides is 1. The molecule has 0 aliphatic rings. The molecule has 0 aromatic heterocycles. The largest absolute Gasteiger partial charge is 0.406 e. The van der Waals surface area contributed by atoms with E-state index in [1.807, 2.05) is 0 Å². The maximum atomic E-state index is 12.2. The summed E-state index contributed by atoms with van der Waals surface area (Å²) >= 11 is 0. The maximum Gasteiger partial charge on any atom is 0.406 e. The molecule has 1 atom stereocenters. The highest BCUT2D eigenvalue weighted by Gasteiger charge is 2.33. The van der Waals surface area contributed by atoms with Crippen LogP contribution >= 0.6 is 0 Å². The Morgan fingerprint density at radius 3 is 2.38 bits per heavy atom. The van der Waals surface area contributed by atoms with Gasteiger partial charge in [-0.1, -0.05) is 13.8 Å². The fourth-order valence-corrected chi connectivity index (χ4v) is 1.46. The molecule has 6 heteroatoms. The number of alkyl halides is 3. The summed E-state index contributed by atoms with van der Waals surface area (Å²) in [5.74, 6) is -0.882. The Hall–Kier alpha value is -0.780. The Labute approximate surface area is 94.0 Å². The van der Waals surface area contributed by atoms with Crippen molar-refractivity contribution in [3.63, 3.8) is 0 Å². The minimum absolute atomic E-state index is 0.145. The average molecular weight is 240 g/mol. The Balaban J connectivity index is 4.46. The van der Waals surface area contributed by atoms with Crippen LogP contribution in [0.15, 0.2) is 0 Å². The predicted octanol–water partition coefficient (Wildman–Crippen LogP) is 1.64. The van der Waals surface area contributed by atoms with Gasteiger partial charge in [-0.15, -0.1) is 0 Å². The van der Waals surface area contributed by atoms with Crippen molar-refractivity contribution < 1.29 is 18.0 Å². The summed E-state index contributed by atoms with van der Waals surface area (Å²) in [5, 5.41) is 2.78. The maximum absolute atomic E-state index is 12.2. The van der Waals surface area contributed by atoms with Gasteiger partial charge in [0.05, 0.1) is 0 Å². The van der Waals surface area contributed by atoms with Crippen molar-refractivity contribution in [3.8, 4) is 0 Å². The van der Waals surface area contributed by atoms with Gasteiger partial charge in [0, 0.05) is 19.0 Å². The van der Waals surface area contributed by atoms with Crippen LogP contribution in [0, 0.1) is 5.92 Å². The van der Waals surface area contributed by atoms with Crippen molar-refractivity contribution in [2.75, 3.05) is 26.7 Å². The fourth-order valence-electron chi connectivity index (χ4n) is 1.46. The monoisotopic (exact) mass is 240 g/mol. The van der Waals surface area contributed by atoms with Crippen LogP contribution in [0.2, 0.25) is 0 Å². The molecule has 0 saturated carbocycles. The lowest BCUT2D eigenvalue weighted by Crippen LogP contribution is -2.43. The van der Waals surface area contributed by atoms with Gasteiger partial charge in [0.2, 0.25) is 5.91 Å². The van der Waals surface area contributed by atoms with E-state index in [1.165, 1.54) is 0 Å². The zero-order valence-electron chi connectivity index (χ0n) is 9.90. The number of nitrogens with one attached hydrogen (secondary N) is 1. The van der Waals surface area contributed by atoms with Crippen LogP contribution in [0.1, 0.15) is 20.3 Å². The summed E-state index contributed by atoms with van der Waals surface area (Å²) in [7, 11) is 1.66. The van der Waals surface area contributed by atoms with Crippen LogP contribution in [0.3, 0.4) is 0 Å². The molecule has 0 bridgehead atoms. The van der Waals surface area contributed by atoms with E-state index in [4.69, 9.17) is 0 Å². The van der Waals surface area contributed by atoms with Crippen molar-refractivity contribution in [1.82, 2.24) is 10.2 Å². The normalized spacial score (nSPS) is 13.6. The first-order valence-corrected chi connectivity index (χ1v) is 5.32. The van der Waals surface area contributed by atoms with Gasteiger partial charge in [0.1, 0.15) is 6.54 Å². The van der Waals surface area contributed by atoms with Crippen molar-refractivity contribution in [2.24, 2.45) is 5.92 Å².